The van der Waals surface area contributed by atoms with E-state index in [1.54, 1.807) is 0 Å². The first-order valence-corrected chi connectivity index (χ1v) is 2.34. The minimum atomic E-state index is -0.176. The van der Waals surface area contributed by atoms with E-state index in [0.717, 1.165) is 5.01 Å². The lowest BCUT2D eigenvalue weighted by atomic mass is 10.7. The Hall–Kier alpha value is -1.04. The van der Waals surface area contributed by atoms with Crippen LogP contribution < -0.4 is 0 Å². The van der Waals surface area contributed by atoms with Crippen LogP contribution in [-0.2, 0) is 0 Å². The molecule has 0 rings (SSSR count). The first-order valence-electron chi connectivity index (χ1n) is 2.34. The van der Waals surface area contributed by atoms with Crippen molar-refractivity contribution >= 4 is 0 Å². The molecule has 0 aliphatic rings. The average Bonchev–Trinajstić information content (AvgIpc) is 1.87. The molecule has 0 aliphatic carbocycles. The van der Waals surface area contributed by atoms with Crippen LogP contribution >= 0.6 is 0 Å². The third-order valence-corrected chi connectivity index (χ3v) is 0.786. The van der Waals surface area contributed by atoms with E-state index in [0.29, 0.717) is 0 Å². The smallest absolute Gasteiger partial charge is 0.0995 e. The van der Waals surface area contributed by atoms with Gasteiger partial charge >= 0.3 is 0 Å². The van der Waals surface area contributed by atoms with Crippen molar-refractivity contribution in [1.29, 1.82) is 0 Å². The summed E-state index contributed by atoms with van der Waals surface area (Å²) in [4.78, 5) is -0.129. The lowest BCUT2D eigenvalue weighted by Crippen LogP contribution is -2.28. The number of hydrazine groups is 1. The molecule has 6 heteroatoms. The van der Waals surface area contributed by atoms with Gasteiger partial charge in [-0.25, -0.2) is 0 Å². The number of likely N-dealkylation sites (N-methyl/N-ethyl adjacent to an activating group) is 1. The van der Waals surface area contributed by atoms with Crippen molar-refractivity contribution in [3.63, 3.8) is 0 Å². The Balaban J connectivity index is 3.59. The Kier molecular flexibility index (Phi) is 3.45. The average molecular weight is 134 g/mol. The zero-order valence-electron chi connectivity index (χ0n) is 5.02. The maximum Gasteiger partial charge on any atom is 0.0995 e. The number of aliphatic hydroxyl groups excluding tert-OH is 1. The van der Waals surface area contributed by atoms with Crippen molar-refractivity contribution in [2.45, 2.75) is 0 Å². The van der Waals surface area contributed by atoms with Crippen LogP contribution in [-0.4, -0.2) is 35.3 Å². The Labute approximate surface area is 52.1 Å². The summed E-state index contributed by atoms with van der Waals surface area (Å²) < 4.78 is 0. The molecule has 0 spiro atoms. The molecule has 0 bridgehead atoms. The van der Waals surface area contributed by atoms with Crippen molar-refractivity contribution < 1.29 is 10.1 Å². The Morgan fingerprint density at radius 1 is 1.78 bits per heavy atom. The highest BCUT2D eigenvalue weighted by atomic mass is 16.6. The summed E-state index contributed by atoms with van der Waals surface area (Å²) >= 11 is 0. The van der Waals surface area contributed by atoms with Gasteiger partial charge in [0.25, 0.3) is 0 Å². The molecule has 6 nitrogen and oxygen atoms in total. The van der Waals surface area contributed by atoms with E-state index in [9.17, 15) is 10.4 Å². The van der Waals surface area contributed by atoms with Gasteiger partial charge in [-0.05, 0) is 5.28 Å². The van der Waals surface area contributed by atoms with Crippen LogP contribution in [0.2, 0.25) is 0 Å². The van der Waals surface area contributed by atoms with Crippen LogP contribution in [0.5, 0.6) is 0 Å². The molecule has 54 valence electrons. The van der Waals surface area contributed by atoms with E-state index in [2.05, 4.69) is 0 Å². The molecular formula is C3H8N3O3-. The second-order valence-corrected chi connectivity index (χ2v) is 1.44. The predicted octanol–water partition coefficient (Wildman–Crippen LogP) is -0.714. The molecule has 1 N–H and O–H groups in total. The van der Waals surface area contributed by atoms with Crippen LogP contribution in [0.15, 0.2) is 5.28 Å². The van der Waals surface area contributed by atoms with Crippen molar-refractivity contribution in [3.05, 3.63) is 10.4 Å². The molecule has 0 aromatic rings. The summed E-state index contributed by atoms with van der Waals surface area (Å²) in [5, 5.41) is 30.8. The fourth-order valence-electron chi connectivity index (χ4n) is 0.293. The maximum atomic E-state index is 10.2. The molecule has 9 heavy (non-hydrogen) atoms. The van der Waals surface area contributed by atoms with Crippen LogP contribution in [0.25, 0.3) is 0 Å². The highest BCUT2D eigenvalue weighted by Gasteiger charge is 1.99. The number of hydrogen-bond donors (Lipinski definition) is 1. The normalized spacial score (nSPS) is 11.6. The first kappa shape index (κ1) is 7.96. The van der Waals surface area contributed by atoms with E-state index in [4.69, 9.17) is 5.11 Å². The second kappa shape index (κ2) is 3.90. The molecule has 0 radical (unpaired) electrons. The highest BCUT2D eigenvalue weighted by molar-refractivity contribution is 4.29. The summed E-state index contributed by atoms with van der Waals surface area (Å²) in [5.74, 6) is 0. The van der Waals surface area contributed by atoms with Gasteiger partial charge in [0.05, 0.1) is 20.2 Å². The lowest BCUT2D eigenvalue weighted by Gasteiger charge is -2.11. The largest absolute Gasteiger partial charge is 0.737 e. The standard InChI is InChI=1S/C3H9N3O3/c1-5(2-3-7)6(9)4-8/h7-8H,2-3H2,1H3/p-1/b6-4+. The summed E-state index contributed by atoms with van der Waals surface area (Å²) in [6, 6.07) is 0. The molecule has 0 aromatic heterocycles. The molecule has 0 atom stereocenters. The van der Waals surface area contributed by atoms with Crippen molar-refractivity contribution in [1.82, 2.24) is 5.01 Å². The highest BCUT2D eigenvalue weighted by Crippen LogP contribution is 1.81. The zero-order chi connectivity index (χ0) is 7.28. The Morgan fingerprint density at radius 2 is 2.33 bits per heavy atom. The van der Waals surface area contributed by atoms with Crippen molar-refractivity contribution in [2.75, 3.05) is 20.2 Å². The molecule has 0 fully saturated rings. The van der Waals surface area contributed by atoms with Gasteiger partial charge in [-0.1, -0.05) is 0 Å². The minimum Gasteiger partial charge on any atom is -0.737 e. The number of hydrogen-bond acceptors (Lipinski definition) is 4. The van der Waals surface area contributed by atoms with Crippen LogP contribution in [0, 0.1) is 10.4 Å². The fraction of sp³-hybridized carbons (Fsp3) is 1.00. The van der Waals surface area contributed by atoms with Gasteiger partial charge in [-0.3, -0.25) is 0 Å². The van der Waals surface area contributed by atoms with Crippen molar-refractivity contribution in [3.8, 4) is 0 Å². The molecule has 0 unspecified atom stereocenters. The number of aliphatic hydroxyl groups is 1. The SMILES string of the molecule is CN(CCO)/[N+]([O-])=N\[O-]. The Bertz CT molecular complexity index is 104. The van der Waals surface area contributed by atoms with Gasteiger partial charge in [-0.2, -0.15) is 5.01 Å². The summed E-state index contributed by atoms with van der Waals surface area (Å²) in [5.41, 5.74) is 0. The molecule has 0 amide bonds. The van der Waals surface area contributed by atoms with E-state index in [1.807, 2.05) is 5.28 Å². The van der Waals surface area contributed by atoms with E-state index < -0.39 is 0 Å². The lowest BCUT2D eigenvalue weighted by molar-refractivity contribution is -0.684. The van der Waals surface area contributed by atoms with Gasteiger partial charge in [0.15, 0.2) is 0 Å². The Morgan fingerprint density at radius 3 is 2.67 bits per heavy atom. The minimum absolute atomic E-state index is 0.106. The van der Waals surface area contributed by atoms with Gasteiger partial charge in [0.2, 0.25) is 0 Å². The zero-order valence-corrected chi connectivity index (χ0v) is 5.02. The molecule has 0 aromatic carbocycles. The topological polar surface area (TPSA) is 85.0 Å². The maximum absolute atomic E-state index is 10.2. The van der Waals surface area contributed by atoms with Crippen molar-refractivity contribution in [2.24, 2.45) is 5.28 Å². The third kappa shape index (κ3) is 2.70. The third-order valence-electron chi connectivity index (χ3n) is 0.786. The van der Waals surface area contributed by atoms with Gasteiger partial charge in [0, 0.05) is 4.97 Å². The monoisotopic (exact) mass is 134 g/mol. The summed E-state index contributed by atoms with van der Waals surface area (Å²) in [6.07, 6.45) is 0. The first-order chi connectivity index (χ1) is 4.22. The second-order valence-electron chi connectivity index (χ2n) is 1.44. The van der Waals surface area contributed by atoms with Crippen LogP contribution in [0.3, 0.4) is 0 Å². The summed E-state index contributed by atoms with van der Waals surface area (Å²) in [6.45, 7) is -0.0694. The van der Waals surface area contributed by atoms with Gasteiger partial charge in [-0.15, -0.1) is 0 Å². The number of rotatable bonds is 3. The fourth-order valence-corrected chi connectivity index (χ4v) is 0.293. The van der Waals surface area contributed by atoms with E-state index in [1.165, 1.54) is 7.05 Å². The molecular weight excluding hydrogens is 126 g/mol. The molecule has 0 heterocycles. The predicted molar refractivity (Wildman–Crippen MR) is 29.1 cm³/mol. The van der Waals surface area contributed by atoms with E-state index in [-0.39, 0.29) is 18.1 Å². The molecule has 0 saturated heterocycles. The van der Waals surface area contributed by atoms with Crippen LogP contribution in [0.1, 0.15) is 0 Å². The van der Waals surface area contributed by atoms with Crippen LogP contribution in [0.4, 0.5) is 0 Å². The molecule has 0 saturated carbocycles. The summed E-state index contributed by atoms with van der Waals surface area (Å²) in [7, 11) is 1.35. The van der Waals surface area contributed by atoms with Gasteiger partial charge in [0.1, 0.15) is 0 Å². The van der Waals surface area contributed by atoms with Gasteiger partial charge < -0.3 is 15.5 Å². The number of nitrogens with zero attached hydrogens (tertiary/aromatic N) is 3. The quantitative estimate of drug-likeness (QED) is 0.313. The van der Waals surface area contributed by atoms with E-state index >= 15 is 0 Å². The molecule has 0 aliphatic heterocycles.